The Morgan fingerprint density at radius 1 is 1.17 bits per heavy atom. The lowest BCUT2D eigenvalue weighted by Gasteiger charge is -2.25. The lowest BCUT2D eigenvalue weighted by molar-refractivity contribution is -0.120. The van der Waals surface area contributed by atoms with Gasteiger partial charge in [-0.3, -0.25) is 4.79 Å². The Kier molecular flexibility index (Phi) is 4.46. The van der Waals surface area contributed by atoms with Crippen LogP contribution in [0, 0.1) is 31.6 Å². The molecular formula is C18H19N4O. The lowest BCUT2D eigenvalue weighted by atomic mass is 9.99. The van der Waals surface area contributed by atoms with Crippen molar-refractivity contribution in [3.05, 3.63) is 79.4 Å². The molecule has 0 atom stereocenters. The Bertz CT molecular complexity index is 657. The Morgan fingerprint density at radius 3 is 2.57 bits per heavy atom. The van der Waals surface area contributed by atoms with Crippen LogP contribution in [0.15, 0.2) is 36.5 Å². The molecule has 117 valence electrons. The summed E-state index contributed by atoms with van der Waals surface area (Å²) in [5.41, 5.74) is 1.29. The molecule has 0 spiro atoms. The fraction of sp³-hybridized carbons (Fsp3) is 0.222. The van der Waals surface area contributed by atoms with Crippen LogP contribution in [-0.4, -0.2) is 20.9 Å². The number of hydrogen-bond acceptors (Lipinski definition) is 3. The van der Waals surface area contributed by atoms with Gasteiger partial charge in [-0.2, -0.15) is 0 Å². The number of rotatable bonds is 5. The maximum absolute atomic E-state index is 12.2. The van der Waals surface area contributed by atoms with Gasteiger partial charge in [-0.15, -0.1) is 5.10 Å². The van der Waals surface area contributed by atoms with E-state index < -0.39 is 5.54 Å². The number of nitrogens with zero attached hydrogens (tertiary/aromatic N) is 3. The molecule has 1 saturated carbocycles. The summed E-state index contributed by atoms with van der Waals surface area (Å²) in [6.07, 6.45) is 9.14. The summed E-state index contributed by atoms with van der Waals surface area (Å²) >= 11 is 0. The van der Waals surface area contributed by atoms with E-state index in [0.717, 1.165) is 11.3 Å². The smallest absolute Gasteiger partial charge is 0.228 e. The predicted molar refractivity (Wildman–Crippen MR) is 87.2 cm³/mol. The minimum Gasteiger partial charge on any atom is -0.345 e. The first-order valence-corrected chi connectivity index (χ1v) is 7.53. The number of carbonyl (C=O) groups excluding carboxylic acids is 1. The molecule has 3 rings (SSSR count). The van der Waals surface area contributed by atoms with Gasteiger partial charge in [-0.1, -0.05) is 35.5 Å². The topological polar surface area (TPSA) is 59.8 Å². The minimum absolute atomic E-state index is 0.113. The van der Waals surface area contributed by atoms with Crippen LogP contribution in [0.2, 0.25) is 0 Å². The monoisotopic (exact) mass is 307 g/mol. The number of amides is 1. The Hall–Kier alpha value is -2.17. The molecule has 1 amide bonds. The average molecular weight is 307 g/mol. The fourth-order valence-corrected chi connectivity index (χ4v) is 2.38. The maximum Gasteiger partial charge on any atom is 0.228 e. The van der Waals surface area contributed by atoms with Crippen LogP contribution in [0.3, 0.4) is 0 Å². The molecular weight excluding hydrogens is 288 g/mol. The molecule has 5 heteroatoms. The molecule has 5 nitrogen and oxygen atoms in total. The van der Waals surface area contributed by atoms with Gasteiger partial charge in [0.1, 0.15) is 5.69 Å². The molecule has 1 aromatic heterocycles. The third-order valence-corrected chi connectivity index (χ3v) is 3.72. The summed E-state index contributed by atoms with van der Waals surface area (Å²) in [7, 11) is 0. The normalized spacial score (nSPS) is 15.7. The van der Waals surface area contributed by atoms with E-state index in [1.54, 1.807) is 17.5 Å². The van der Waals surface area contributed by atoms with Crippen LogP contribution >= 0.6 is 0 Å². The highest BCUT2D eigenvalue weighted by Gasteiger charge is 2.31. The number of carbonyl (C=O) groups is 1. The Labute approximate surface area is 137 Å². The molecule has 1 aromatic carbocycles. The van der Waals surface area contributed by atoms with Gasteiger partial charge in [0.2, 0.25) is 5.91 Å². The number of benzene rings is 1. The van der Waals surface area contributed by atoms with Gasteiger partial charge in [0.15, 0.2) is 0 Å². The SMILES string of the molecule is CC(C)(NC(=O)[C]1[CH][CH][CH][CH]1)c1cn(Cc2ccccc2)nn1. The summed E-state index contributed by atoms with van der Waals surface area (Å²) in [5.74, 6) is 0.535. The number of nitrogens with one attached hydrogen (secondary N) is 1. The fourth-order valence-electron chi connectivity index (χ4n) is 2.38. The first-order valence-electron chi connectivity index (χ1n) is 7.53. The third-order valence-electron chi connectivity index (χ3n) is 3.72. The van der Waals surface area contributed by atoms with Gasteiger partial charge >= 0.3 is 0 Å². The summed E-state index contributed by atoms with van der Waals surface area (Å²) in [6, 6.07) is 10.1. The molecule has 1 heterocycles. The number of hydrogen-bond donors (Lipinski definition) is 1. The molecule has 0 unspecified atom stereocenters. The Morgan fingerprint density at radius 2 is 1.87 bits per heavy atom. The van der Waals surface area contributed by atoms with E-state index in [1.807, 2.05) is 63.2 Å². The van der Waals surface area contributed by atoms with Crippen molar-refractivity contribution in [3.63, 3.8) is 0 Å². The Balaban J connectivity index is 1.66. The van der Waals surface area contributed by atoms with Gasteiger partial charge in [-0.05, 0) is 45.1 Å². The highest BCUT2D eigenvalue weighted by molar-refractivity contribution is 5.96. The van der Waals surface area contributed by atoms with Gasteiger partial charge < -0.3 is 5.32 Å². The predicted octanol–water partition coefficient (Wildman–Crippen LogP) is 2.08. The van der Waals surface area contributed by atoms with E-state index in [4.69, 9.17) is 0 Å². The second-order valence-corrected chi connectivity index (χ2v) is 6.04. The molecule has 2 aromatic rings. The second-order valence-electron chi connectivity index (χ2n) is 6.04. The summed E-state index contributed by atoms with van der Waals surface area (Å²) in [4.78, 5) is 12.2. The molecule has 0 aliphatic heterocycles. The first-order chi connectivity index (χ1) is 11.0. The van der Waals surface area contributed by atoms with Crippen molar-refractivity contribution < 1.29 is 4.79 Å². The molecule has 1 aliphatic rings. The standard InChI is InChI=1S/C18H19N4O/c1-18(2,19-17(23)15-10-6-7-11-15)16-13-22(21-20-16)12-14-8-4-3-5-9-14/h3-11,13H,12H2,1-2H3,(H,19,23). The number of aromatic nitrogens is 3. The maximum atomic E-state index is 12.2. The summed E-state index contributed by atoms with van der Waals surface area (Å²) in [6.45, 7) is 4.50. The van der Waals surface area contributed by atoms with Gasteiger partial charge in [0.05, 0.1) is 24.2 Å². The van der Waals surface area contributed by atoms with Crippen LogP contribution in [0.25, 0.3) is 0 Å². The molecule has 23 heavy (non-hydrogen) atoms. The van der Waals surface area contributed by atoms with Gasteiger partial charge in [0.25, 0.3) is 0 Å². The van der Waals surface area contributed by atoms with Crippen LogP contribution in [0.5, 0.6) is 0 Å². The highest BCUT2D eigenvalue weighted by atomic mass is 16.2. The zero-order valence-electron chi connectivity index (χ0n) is 13.2. The van der Waals surface area contributed by atoms with Crippen molar-refractivity contribution in [2.24, 2.45) is 0 Å². The molecule has 1 fully saturated rings. The quantitative estimate of drug-likeness (QED) is 0.920. The zero-order chi connectivity index (χ0) is 16.3. The van der Waals surface area contributed by atoms with Crippen molar-refractivity contribution in [1.82, 2.24) is 20.3 Å². The van der Waals surface area contributed by atoms with Crippen LogP contribution in [0.1, 0.15) is 25.1 Å². The van der Waals surface area contributed by atoms with Crippen LogP contribution in [-0.2, 0) is 16.9 Å². The van der Waals surface area contributed by atoms with Crippen LogP contribution in [0.4, 0.5) is 0 Å². The molecule has 0 bridgehead atoms. The average Bonchev–Trinajstić information content (AvgIpc) is 3.19. The van der Waals surface area contributed by atoms with Gasteiger partial charge in [0, 0.05) is 0 Å². The van der Waals surface area contributed by atoms with Crippen LogP contribution < -0.4 is 5.32 Å². The largest absolute Gasteiger partial charge is 0.345 e. The first kappa shape index (κ1) is 15.7. The second kappa shape index (κ2) is 6.52. The van der Waals surface area contributed by atoms with E-state index in [-0.39, 0.29) is 5.91 Å². The zero-order valence-corrected chi connectivity index (χ0v) is 13.2. The molecule has 1 aliphatic carbocycles. The van der Waals surface area contributed by atoms with Crippen molar-refractivity contribution in [1.29, 1.82) is 0 Å². The lowest BCUT2D eigenvalue weighted by Crippen LogP contribution is -2.43. The highest BCUT2D eigenvalue weighted by Crippen LogP contribution is 2.25. The molecule has 5 radical (unpaired) electrons. The molecule has 1 N–H and O–H groups in total. The summed E-state index contributed by atoms with van der Waals surface area (Å²) < 4.78 is 1.78. The van der Waals surface area contributed by atoms with Crippen molar-refractivity contribution >= 4 is 5.91 Å². The van der Waals surface area contributed by atoms with E-state index in [0.29, 0.717) is 12.5 Å². The summed E-state index contributed by atoms with van der Waals surface area (Å²) in [5, 5.41) is 11.4. The molecule has 0 saturated heterocycles. The van der Waals surface area contributed by atoms with E-state index >= 15 is 0 Å². The van der Waals surface area contributed by atoms with Gasteiger partial charge in [-0.25, -0.2) is 4.68 Å². The van der Waals surface area contributed by atoms with E-state index in [1.165, 1.54) is 0 Å². The van der Waals surface area contributed by atoms with Crippen molar-refractivity contribution in [2.45, 2.75) is 25.9 Å². The third kappa shape index (κ3) is 3.78. The van der Waals surface area contributed by atoms with E-state index in [9.17, 15) is 4.79 Å². The van der Waals surface area contributed by atoms with Crippen molar-refractivity contribution in [3.8, 4) is 0 Å². The van der Waals surface area contributed by atoms with E-state index in [2.05, 4.69) is 15.6 Å². The van der Waals surface area contributed by atoms with Crippen molar-refractivity contribution in [2.75, 3.05) is 0 Å². The minimum atomic E-state index is -0.594.